The molecule has 0 unspecified atom stereocenters. The van der Waals surface area contributed by atoms with Crippen molar-refractivity contribution >= 4 is 5.95 Å². The largest absolute Gasteiger partial charge is 0.497 e. The van der Waals surface area contributed by atoms with Crippen LogP contribution >= 0.6 is 0 Å². The minimum absolute atomic E-state index is 0.122. The molecule has 6 heteroatoms. The zero-order valence-corrected chi connectivity index (χ0v) is 29.0. The number of rotatable bonds is 12. The molecule has 1 fully saturated rings. The molecule has 6 nitrogen and oxygen atoms in total. The highest BCUT2D eigenvalue weighted by molar-refractivity contribution is 5.67. The topological polar surface area (TPSA) is 101 Å². The molecular formula is C39H57N3O3. The van der Waals surface area contributed by atoms with E-state index in [4.69, 9.17) is 20.4 Å². The van der Waals surface area contributed by atoms with Gasteiger partial charge in [-0.05, 0) is 127 Å². The van der Waals surface area contributed by atoms with Gasteiger partial charge < -0.3 is 20.7 Å². The highest BCUT2D eigenvalue weighted by Crippen LogP contribution is 2.62. The molecule has 4 atom stereocenters. The third-order valence-electron chi connectivity index (χ3n) is 11.0. The van der Waals surface area contributed by atoms with Gasteiger partial charge in [-0.3, -0.25) is 0 Å². The summed E-state index contributed by atoms with van der Waals surface area (Å²) in [6.45, 7) is 15.7. The molecule has 0 aliphatic heterocycles. The fourth-order valence-electron chi connectivity index (χ4n) is 8.56. The summed E-state index contributed by atoms with van der Waals surface area (Å²) in [6.07, 6.45) is 15.5. The molecule has 246 valence electrons. The van der Waals surface area contributed by atoms with Crippen molar-refractivity contribution in [2.24, 2.45) is 17.3 Å². The fraction of sp³-hybridized carbons (Fsp3) is 0.590. The van der Waals surface area contributed by atoms with Crippen LogP contribution in [0.4, 0.5) is 5.95 Å². The average molecular weight is 616 g/mol. The van der Waals surface area contributed by atoms with Crippen LogP contribution in [0.3, 0.4) is 0 Å². The second-order valence-electron chi connectivity index (χ2n) is 14.9. The summed E-state index contributed by atoms with van der Waals surface area (Å²) in [6, 6.07) is 8.04. The lowest BCUT2D eigenvalue weighted by molar-refractivity contribution is -0.144. The summed E-state index contributed by atoms with van der Waals surface area (Å²) in [5, 5.41) is 21.1. The molecule has 0 radical (unpaired) electrons. The quantitative estimate of drug-likeness (QED) is 0.207. The van der Waals surface area contributed by atoms with Crippen LogP contribution in [0.5, 0.6) is 5.75 Å². The zero-order chi connectivity index (χ0) is 33.0. The van der Waals surface area contributed by atoms with Gasteiger partial charge in [0.15, 0.2) is 0 Å². The Labute approximate surface area is 271 Å². The Hall–Kier alpha value is -2.96. The third kappa shape index (κ3) is 7.72. The Balaban J connectivity index is 1.54. The number of nitrogens with zero attached hydrogens (tertiary/aromatic N) is 2. The van der Waals surface area contributed by atoms with Gasteiger partial charge in [0.05, 0.1) is 30.7 Å². The van der Waals surface area contributed by atoms with E-state index >= 15 is 0 Å². The van der Waals surface area contributed by atoms with E-state index in [0.29, 0.717) is 11.9 Å². The van der Waals surface area contributed by atoms with E-state index in [1.54, 1.807) is 7.11 Å². The van der Waals surface area contributed by atoms with E-state index in [2.05, 4.69) is 71.9 Å². The van der Waals surface area contributed by atoms with Crippen molar-refractivity contribution in [3.8, 4) is 17.0 Å². The van der Waals surface area contributed by atoms with Gasteiger partial charge in [0.25, 0.3) is 0 Å². The Bertz CT molecular complexity index is 1420. The first-order valence-corrected chi connectivity index (χ1v) is 16.8. The highest BCUT2D eigenvalue weighted by atomic mass is 16.5. The first-order chi connectivity index (χ1) is 21.2. The standard InChI is InChI=1S/C39H57N3O3/c1-26(14-10-16-28(3)25-43)12-9-13-27(2)15-11-17-33-38(6)24-31-34(29-18-20-30(45-8)21-19-29)41-36(40)42-35(31)37(4,5)32(38)22-23-39(33,7)44/h12,15-16,18-21,32-33,43-44H,9-11,13-14,17,22-25H2,1-8H3,(H2,40,41,42)/b26-12+,27-15+,28-16+/t32-,33+,38-,39+/m0/s1. The van der Waals surface area contributed by atoms with Gasteiger partial charge in [0.2, 0.25) is 5.95 Å². The van der Waals surface area contributed by atoms with Crippen molar-refractivity contribution in [1.29, 1.82) is 0 Å². The van der Waals surface area contributed by atoms with Gasteiger partial charge in [-0.25, -0.2) is 9.97 Å². The van der Waals surface area contributed by atoms with Crippen LogP contribution in [0.2, 0.25) is 0 Å². The molecule has 4 N–H and O–H groups in total. The molecular weight excluding hydrogens is 558 g/mol. The van der Waals surface area contributed by atoms with Crippen molar-refractivity contribution in [3.63, 3.8) is 0 Å². The first kappa shape index (κ1) is 34.9. The van der Waals surface area contributed by atoms with Crippen LogP contribution in [0.25, 0.3) is 11.3 Å². The van der Waals surface area contributed by atoms with Gasteiger partial charge >= 0.3 is 0 Å². The fourth-order valence-corrected chi connectivity index (χ4v) is 8.56. The molecule has 1 heterocycles. The van der Waals surface area contributed by atoms with Crippen molar-refractivity contribution in [2.45, 2.75) is 117 Å². The number of aliphatic hydroxyl groups excluding tert-OH is 1. The number of fused-ring (bicyclic) bond motifs is 2. The molecule has 0 amide bonds. The van der Waals surface area contributed by atoms with Gasteiger partial charge in [-0.2, -0.15) is 0 Å². The lowest BCUT2D eigenvalue weighted by Crippen LogP contribution is -2.60. The van der Waals surface area contributed by atoms with Gasteiger partial charge in [-0.1, -0.05) is 55.7 Å². The number of benzene rings is 1. The van der Waals surface area contributed by atoms with E-state index in [1.807, 2.05) is 19.1 Å². The number of hydrogen-bond donors (Lipinski definition) is 3. The van der Waals surface area contributed by atoms with E-state index in [1.165, 1.54) is 11.1 Å². The predicted molar refractivity (Wildman–Crippen MR) is 186 cm³/mol. The van der Waals surface area contributed by atoms with Gasteiger partial charge in [0, 0.05) is 16.5 Å². The van der Waals surface area contributed by atoms with Crippen molar-refractivity contribution in [1.82, 2.24) is 9.97 Å². The minimum Gasteiger partial charge on any atom is -0.497 e. The smallest absolute Gasteiger partial charge is 0.220 e. The van der Waals surface area contributed by atoms with Crippen LogP contribution in [0, 0.1) is 17.3 Å². The molecule has 1 saturated carbocycles. The van der Waals surface area contributed by atoms with Gasteiger partial charge in [0.1, 0.15) is 5.75 Å². The summed E-state index contributed by atoms with van der Waals surface area (Å²) >= 11 is 0. The Morgan fingerprint density at radius 2 is 1.53 bits per heavy atom. The number of aromatic nitrogens is 2. The monoisotopic (exact) mass is 615 g/mol. The van der Waals surface area contributed by atoms with Crippen LogP contribution in [0.15, 0.2) is 59.2 Å². The Morgan fingerprint density at radius 3 is 2.13 bits per heavy atom. The lowest BCUT2D eigenvalue weighted by Gasteiger charge is -2.61. The second kappa shape index (κ2) is 14.2. The SMILES string of the molecule is COc1ccc(-c2nc(N)nc3c2C[C@]2(C)[C@@H](CC/C=C(\C)CC/C=C(\C)CC/C=C(\C)CO)[C@](C)(O)CC[C@H]2C3(C)C)cc1. The van der Waals surface area contributed by atoms with E-state index in [0.717, 1.165) is 91.6 Å². The maximum absolute atomic E-state index is 11.9. The molecule has 2 aliphatic carbocycles. The molecule has 45 heavy (non-hydrogen) atoms. The maximum Gasteiger partial charge on any atom is 0.220 e. The van der Waals surface area contributed by atoms with E-state index < -0.39 is 5.60 Å². The maximum atomic E-state index is 11.9. The number of nitrogen functional groups attached to an aromatic ring is 1. The Morgan fingerprint density at radius 1 is 0.933 bits per heavy atom. The number of aliphatic hydroxyl groups is 2. The number of anilines is 1. The first-order valence-electron chi connectivity index (χ1n) is 16.8. The minimum atomic E-state index is -0.738. The van der Waals surface area contributed by atoms with Crippen LogP contribution < -0.4 is 10.5 Å². The molecule has 0 saturated heterocycles. The lowest BCUT2D eigenvalue weighted by atomic mass is 9.44. The third-order valence-corrected chi connectivity index (χ3v) is 11.0. The van der Waals surface area contributed by atoms with Crippen molar-refractivity contribution in [2.75, 3.05) is 19.5 Å². The molecule has 1 aromatic heterocycles. The Kier molecular flexibility index (Phi) is 11.0. The zero-order valence-electron chi connectivity index (χ0n) is 29.0. The summed E-state index contributed by atoms with van der Waals surface area (Å²) in [7, 11) is 1.68. The summed E-state index contributed by atoms with van der Waals surface area (Å²) in [4.78, 5) is 9.67. The number of hydrogen-bond acceptors (Lipinski definition) is 6. The van der Waals surface area contributed by atoms with Crippen molar-refractivity contribution in [3.05, 3.63) is 70.5 Å². The van der Waals surface area contributed by atoms with Crippen LogP contribution in [-0.4, -0.2) is 39.5 Å². The number of ether oxygens (including phenoxy) is 1. The summed E-state index contributed by atoms with van der Waals surface area (Å²) in [5.41, 5.74) is 13.3. The van der Waals surface area contributed by atoms with E-state index in [9.17, 15) is 10.2 Å². The molecule has 1 aromatic carbocycles. The van der Waals surface area contributed by atoms with E-state index in [-0.39, 0.29) is 23.4 Å². The number of allylic oxidation sites excluding steroid dienone is 5. The van der Waals surface area contributed by atoms with Crippen LogP contribution in [-0.2, 0) is 11.8 Å². The van der Waals surface area contributed by atoms with Gasteiger partial charge in [-0.15, -0.1) is 0 Å². The molecule has 0 bridgehead atoms. The van der Waals surface area contributed by atoms with Crippen molar-refractivity contribution < 1.29 is 14.9 Å². The summed E-state index contributed by atoms with van der Waals surface area (Å²) in [5.74, 6) is 1.63. The average Bonchev–Trinajstić information content (AvgIpc) is 2.98. The molecule has 2 aromatic rings. The second-order valence-corrected chi connectivity index (χ2v) is 14.9. The normalized spacial score (nSPS) is 26.8. The highest BCUT2D eigenvalue weighted by Gasteiger charge is 2.60. The predicted octanol–water partition coefficient (Wildman–Crippen LogP) is 8.52. The number of methoxy groups -OCH3 is 1. The molecule has 4 rings (SSSR count). The number of nitrogens with two attached hydrogens (primary N) is 1. The molecule has 2 aliphatic rings. The summed E-state index contributed by atoms with van der Waals surface area (Å²) < 4.78 is 5.41. The molecule has 0 spiro atoms. The van der Waals surface area contributed by atoms with Crippen LogP contribution in [0.1, 0.15) is 111 Å².